The van der Waals surface area contributed by atoms with Crippen LogP contribution in [-0.2, 0) is 11.3 Å². The maximum atomic E-state index is 13.0. The number of oxazole rings is 1. The minimum absolute atomic E-state index is 0.217. The van der Waals surface area contributed by atoms with E-state index in [1.807, 2.05) is 24.3 Å². The highest BCUT2D eigenvalue weighted by Gasteiger charge is 2.18. The minimum Gasteiger partial charge on any atom is -0.439 e. The van der Waals surface area contributed by atoms with E-state index in [-0.39, 0.29) is 18.3 Å². The number of carbonyl (C=O) groups is 1. The Balaban J connectivity index is 1.82. The van der Waals surface area contributed by atoms with E-state index >= 15 is 0 Å². The average molecular weight is 328 g/mol. The molecule has 24 heavy (non-hydrogen) atoms. The zero-order chi connectivity index (χ0) is 16.9. The number of amides is 1. The first-order valence-electron chi connectivity index (χ1n) is 7.55. The lowest BCUT2D eigenvalue weighted by Gasteiger charge is -2.20. The molecule has 0 radical (unpaired) electrons. The quantitative estimate of drug-likeness (QED) is 0.697. The van der Waals surface area contributed by atoms with E-state index in [4.69, 9.17) is 9.15 Å². The molecule has 0 aliphatic carbocycles. The van der Waals surface area contributed by atoms with Gasteiger partial charge in [0.05, 0.1) is 13.2 Å². The van der Waals surface area contributed by atoms with Gasteiger partial charge in [-0.05, 0) is 36.4 Å². The Hall–Kier alpha value is -2.73. The van der Waals surface area contributed by atoms with Crippen LogP contribution >= 0.6 is 0 Å². The van der Waals surface area contributed by atoms with E-state index < -0.39 is 0 Å². The van der Waals surface area contributed by atoms with E-state index in [2.05, 4.69) is 4.98 Å². The van der Waals surface area contributed by atoms with Crippen molar-refractivity contribution in [2.45, 2.75) is 6.54 Å². The third kappa shape index (κ3) is 3.60. The first-order valence-corrected chi connectivity index (χ1v) is 7.55. The van der Waals surface area contributed by atoms with E-state index in [1.54, 1.807) is 12.0 Å². The zero-order valence-corrected chi connectivity index (χ0v) is 13.2. The number of hydrogen-bond acceptors (Lipinski definition) is 4. The van der Waals surface area contributed by atoms with Gasteiger partial charge in [-0.1, -0.05) is 12.1 Å². The molecule has 2 aromatic carbocycles. The molecule has 6 heteroatoms. The van der Waals surface area contributed by atoms with Crippen LogP contribution in [0.25, 0.3) is 11.1 Å². The predicted molar refractivity (Wildman–Crippen MR) is 87.0 cm³/mol. The number of aromatic nitrogens is 1. The lowest BCUT2D eigenvalue weighted by atomic mass is 10.2. The topological polar surface area (TPSA) is 55.6 Å². The maximum Gasteiger partial charge on any atom is 0.254 e. The minimum atomic E-state index is -0.381. The summed E-state index contributed by atoms with van der Waals surface area (Å²) < 4.78 is 23.8. The van der Waals surface area contributed by atoms with Crippen molar-refractivity contribution in [1.29, 1.82) is 0 Å². The lowest BCUT2D eigenvalue weighted by Crippen LogP contribution is -2.33. The number of carbonyl (C=O) groups excluding carboxylic acids is 1. The average Bonchev–Trinajstić information content (AvgIpc) is 3.01. The largest absolute Gasteiger partial charge is 0.439 e. The molecule has 5 nitrogen and oxygen atoms in total. The normalized spacial score (nSPS) is 10.9. The molecule has 3 aromatic rings. The highest BCUT2D eigenvalue weighted by atomic mass is 19.1. The van der Waals surface area contributed by atoms with E-state index in [1.165, 1.54) is 24.3 Å². The molecule has 0 saturated heterocycles. The van der Waals surface area contributed by atoms with Crippen LogP contribution in [-0.4, -0.2) is 36.1 Å². The molecule has 0 fully saturated rings. The first kappa shape index (κ1) is 16.1. The van der Waals surface area contributed by atoms with Crippen molar-refractivity contribution in [2.75, 3.05) is 20.3 Å². The van der Waals surface area contributed by atoms with E-state index in [0.717, 1.165) is 5.52 Å². The van der Waals surface area contributed by atoms with Gasteiger partial charge >= 0.3 is 0 Å². The Bertz CT molecular complexity index is 797. The van der Waals surface area contributed by atoms with Crippen LogP contribution in [0, 0.1) is 5.82 Å². The zero-order valence-electron chi connectivity index (χ0n) is 13.2. The predicted octanol–water partition coefficient (Wildman–Crippen LogP) is 3.26. The molecule has 0 bridgehead atoms. The summed E-state index contributed by atoms with van der Waals surface area (Å²) in [6, 6.07) is 12.9. The van der Waals surface area contributed by atoms with Crippen LogP contribution in [0.3, 0.4) is 0 Å². The molecule has 1 aromatic heterocycles. The van der Waals surface area contributed by atoms with Gasteiger partial charge in [0.25, 0.3) is 5.91 Å². The molecule has 1 amide bonds. The highest BCUT2D eigenvalue weighted by Crippen LogP contribution is 2.17. The summed E-state index contributed by atoms with van der Waals surface area (Å²) >= 11 is 0. The van der Waals surface area contributed by atoms with Crippen LogP contribution in [0.2, 0.25) is 0 Å². The number of nitrogens with zero attached hydrogens (tertiary/aromatic N) is 2. The SMILES string of the molecule is COCCN(Cc1nc2ccccc2o1)C(=O)c1ccc(F)cc1. The van der Waals surface area contributed by atoms with Gasteiger partial charge in [0.2, 0.25) is 5.89 Å². The standard InChI is InChI=1S/C18H17FN2O3/c1-23-11-10-21(18(22)13-6-8-14(19)9-7-13)12-17-20-15-4-2-3-5-16(15)24-17/h2-9H,10-12H2,1H3. The molecule has 0 aliphatic heterocycles. The van der Waals surface area contributed by atoms with Gasteiger partial charge in [0.15, 0.2) is 5.58 Å². The second-order valence-electron chi connectivity index (χ2n) is 5.30. The molecule has 0 aliphatic rings. The van der Waals surface area contributed by atoms with Gasteiger partial charge in [0.1, 0.15) is 11.3 Å². The molecule has 0 spiro atoms. The molecular weight excluding hydrogens is 311 g/mol. The molecule has 0 unspecified atom stereocenters. The number of halogens is 1. The molecule has 3 rings (SSSR count). The summed E-state index contributed by atoms with van der Waals surface area (Å²) in [4.78, 5) is 18.6. The van der Waals surface area contributed by atoms with Crippen molar-refractivity contribution in [3.05, 3.63) is 65.8 Å². The lowest BCUT2D eigenvalue weighted by molar-refractivity contribution is 0.0664. The maximum absolute atomic E-state index is 13.0. The third-order valence-electron chi connectivity index (χ3n) is 3.61. The summed E-state index contributed by atoms with van der Waals surface area (Å²) in [6.45, 7) is 0.979. The third-order valence-corrected chi connectivity index (χ3v) is 3.61. The van der Waals surface area contributed by atoms with Crippen molar-refractivity contribution >= 4 is 17.0 Å². The van der Waals surface area contributed by atoms with Gasteiger partial charge in [-0.3, -0.25) is 4.79 Å². The van der Waals surface area contributed by atoms with Gasteiger partial charge < -0.3 is 14.1 Å². The summed E-state index contributed by atoms with van der Waals surface area (Å²) in [5, 5.41) is 0. The Labute approximate surface area is 138 Å². The Morgan fingerprint density at radius 2 is 1.96 bits per heavy atom. The van der Waals surface area contributed by atoms with Crippen LogP contribution < -0.4 is 0 Å². The monoisotopic (exact) mass is 328 g/mol. The first-order chi connectivity index (χ1) is 11.7. The molecule has 0 saturated carbocycles. The number of methoxy groups -OCH3 is 1. The highest BCUT2D eigenvalue weighted by molar-refractivity contribution is 5.94. The summed E-state index contributed by atoms with van der Waals surface area (Å²) in [7, 11) is 1.57. The van der Waals surface area contributed by atoms with Crippen molar-refractivity contribution in [1.82, 2.24) is 9.88 Å². The Kier molecular flexibility index (Phi) is 4.86. The number of para-hydroxylation sites is 2. The second kappa shape index (κ2) is 7.23. The van der Waals surface area contributed by atoms with Crippen molar-refractivity contribution in [2.24, 2.45) is 0 Å². The number of fused-ring (bicyclic) bond motifs is 1. The number of hydrogen-bond donors (Lipinski definition) is 0. The fourth-order valence-electron chi connectivity index (χ4n) is 2.38. The van der Waals surface area contributed by atoms with E-state index in [0.29, 0.717) is 30.2 Å². The second-order valence-corrected chi connectivity index (χ2v) is 5.30. The van der Waals surface area contributed by atoms with Gasteiger partial charge in [-0.15, -0.1) is 0 Å². The van der Waals surface area contributed by atoms with Gasteiger partial charge in [-0.25, -0.2) is 9.37 Å². The van der Waals surface area contributed by atoms with Crippen LogP contribution in [0.1, 0.15) is 16.2 Å². The van der Waals surface area contributed by atoms with Gasteiger partial charge in [-0.2, -0.15) is 0 Å². The van der Waals surface area contributed by atoms with E-state index in [9.17, 15) is 9.18 Å². The summed E-state index contributed by atoms with van der Waals surface area (Å²) in [5.41, 5.74) is 1.82. The van der Waals surface area contributed by atoms with Crippen molar-refractivity contribution in [3.63, 3.8) is 0 Å². The smallest absolute Gasteiger partial charge is 0.254 e. The van der Waals surface area contributed by atoms with Crippen LogP contribution in [0.4, 0.5) is 4.39 Å². The Morgan fingerprint density at radius 1 is 1.21 bits per heavy atom. The molecule has 0 N–H and O–H groups in total. The fourth-order valence-corrected chi connectivity index (χ4v) is 2.38. The van der Waals surface area contributed by atoms with Crippen LogP contribution in [0.15, 0.2) is 52.9 Å². The number of ether oxygens (including phenoxy) is 1. The molecule has 124 valence electrons. The van der Waals surface area contributed by atoms with Crippen molar-refractivity contribution in [3.8, 4) is 0 Å². The number of benzene rings is 2. The van der Waals surface area contributed by atoms with Crippen molar-refractivity contribution < 1.29 is 18.3 Å². The Morgan fingerprint density at radius 3 is 2.67 bits per heavy atom. The summed E-state index contributed by atoms with van der Waals surface area (Å²) in [6.07, 6.45) is 0. The summed E-state index contributed by atoms with van der Waals surface area (Å²) in [5.74, 6) is -0.161. The van der Waals surface area contributed by atoms with Crippen LogP contribution in [0.5, 0.6) is 0 Å². The number of rotatable bonds is 6. The molecular formula is C18H17FN2O3. The van der Waals surface area contributed by atoms with Gasteiger partial charge in [0, 0.05) is 19.2 Å². The fraction of sp³-hybridized carbons (Fsp3) is 0.222. The molecule has 1 heterocycles. The molecule has 0 atom stereocenters.